The van der Waals surface area contributed by atoms with Crippen molar-refractivity contribution in [3.63, 3.8) is 0 Å². The Morgan fingerprint density at radius 1 is 0.895 bits per heavy atom. The Morgan fingerprint density at radius 3 is 2.24 bits per heavy atom. The van der Waals surface area contributed by atoms with Gasteiger partial charge in [-0.3, -0.25) is 14.2 Å². The molecule has 190 valence electrons. The van der Waals surface area contributed by atoms with E-state index in [-0.39, 0.29) is 11.5 Å². The number of benzene rings is 4. The number of hydrogen-bond donors (Lipinski definition) is 0. The number of halogens is 2. The van der Waals surface area contributed by atoms with E-state index in [1.54, 1.807) is 51.9 Å². The molecular formula is C31H25Cl2N3O2. The number of fused-ring (bicyclic) bond motifs is 1. The zero-order chi connectivity index (χ0) is 26.8. The Bertz CT molecular complexity index is 1660. The topological polar surface area (TPSA) is 55.2 Å². The van der Waals surface area contributed by atoms with Crippen molar-refractivity contribution in [2.75, 3.05) is 0 Å². The highest BCUT2D eigenvalue weighted by Crippen LogP contribution is 2.27. The molecule has 38 heavy (non-hydrogen) atoms. The quantitative estimate of drug-likeness (QED) is 0.225. The fraction of sp³-hybridized carbons (Fsp3) is 0.129. The molecule has 1 unspecified atom stereocenters. The number of carbonyl (C=O) groups is 1. The van der Waals surface area contributed by atoms with Crippen molar-refractivity contribution in [3.8, 4) is 5.69 Å². The highest BCUT2D eigenvalue weighted by atomic mass is 35.5. The first-order chi connectivity index (χ1) is 18.3. The van der Waals surface area contributed by atoms with Crippen molar-refractivity contribution >= 4 is 40.0 Å². The van der Waals surface area contributed by atoms with Crippen LogP contribution in [-0.2, 0) is 6.54 Å². The lowest BCUT2D eigenvalue weighted by atomic mass is 10.1. The summed E-state index contributed by atoms with van der Waals surface area (Å²) >= 11 is 12.4. The van der Waals surface area contributed by atoms with Crippen molar-refractivity contribution in [1.82, 2.24) is 14.5 Å². The summed E-state index contributed by atoms with van der Waals surface area (Å²) in [5.41, 5.74) is 3.44. The van der Waals surface area contributed by atoms with E-state index in [4.69, 9.17) is 28.2 Å². The molecule has 0 fully saturated rings. The molecule has 1 aromatic heterocycles. The summed E-state index contributed by atoms with van der Waals surface area (Å²) in [6.07, 6.45) is 0. The van der Waals surface area contributed by atoms with Crippen LogP contribution in [0.15, 0.2) is 102 Å². The number of aryl methyl sites for hydroxylation is 1. The molecule has 0 saturated carbocycles. The van der Waals surface area contributed by atoms with Crippen LogP contribution in [0.4, 0.5) is 0 Å². The van der Waals surface area contributed by atoms with Gasteiger partial charge in [0.2, 0.25) is 0 Å². The van der Waals surface area contributed by atoms with Gasteiger partial charge < -0.3 is 4.90 Å². The largest absolute Gasteiger partial charge is 0.324 e. The molecule has 0 spiro atoms. The van der Waals surface area contributed by atoms with Gasteiger partial charge in [-0.25, -0.2) is 4.98 Å². The van der Waals surface area contributed by atoms with Crippen LogP contribution < -0.4 is 5.56 Å². The molecule has 0 aliphatic heterocycles. The summed E-state index contributed by atoms with van der Waals surface area (Å²) in [7, 11) is 0. The van der Waals surface area contributed by atoms with Crippen molar-refractivity contribution in [1.29, 1.82) is 0 Å². The second-order valence-electron chi connectivity index (χ2n) is 9.21. The molecule has 0 aliphatic rings. The molecule has 7 heteroatoms. The molecule has 0 bridgehead atoms. The number of hydrogen-bond acceptors (Lipinski definition) is 3. The van der Waals surface area contributed by atoms with Gasteiger partial charge in [0.1, 0.15) is 5.82 Å². The van der Waals surface area contributed by atoms with Gasteiger partial charge >= 0.3 is 0 Å². The first-order valence-electron chi connectivity index (χ1n) is 12.2. The number of aromatic nitrogens is 2. The minimum Gasteiger partial charge on any atom is -0.324 e. The highest BCUT2D eigenvalue weighted by Gasteiger charge is 2.28. The monoisotopic (exact) mass is 541 g/mol. The second-order valence-corrected chi connectivity index (χ2v) is 10.1. The van der Waals surface area contributed by atoms with Gasteiger partial charge in [0.05, 0.1) is 22.6 Å². The standard InChI is InChI=1S/C31H25Cl2N3O2/c1-20-8-15-26(16-9-20)36-29(34-28-18-25(33)14-17-27(28)31(36)38)21(2)35(19-22-6-4-3-5-7-22)30(37)23-10-12-24(32)13-11-23/h3-18,21H,19H2,1-2H3. The predicted octanol–water partition coefficient (Wildman–Crippen LogP) is 7.40. The van der Waals surface area contributed by atoms with E-state index < -0.39 is 6.04 Å². The maximum absolute atomic E-state index is 13.9. The van der Waals surface area contributed by atoms with E-state index >= 15 is 0 Å². The normalized spacial score (nSPS) is 11.9. The van der Waals surface area contributed by atoms with Gasteiger partial charge in [0.15, 0.2) is 0 Å². The maximum Gasteiger partial charge on any atom is 0.266 e. The molecule has 1 heterocycles. The molecule has 5 aromatic rings. The second kappa shape index (κ2) is 10.8. The van der Waals surface area contributed by atoms with Crippen LogP contribution in [0.5, 0.6) is 0 Å². The minimum atomic E-state index is -0.573. The molecule has 4 aromatic carbocycles. The molecule has 1 amide bonds. The number of nitrogens with zero attached hydrogens (tertiary/aromatic N) is 3. The molecule has 1 atom stereocenters. The van der Waals surface area contributed by atoms with Gasteiger partial charge in [-0.2, -0.15) is 0 Å². The highest BCUT2D eigenvalue weighted by molar-refractivity contribution is 6.31. The molecule has 0 radical (unpaired) electrons. The van der Waals surface area contributed by atoms with Crippen LogP contribution >= 0.6 is 23.2 Å². The third kappa shape index (κ3) is 5.21. The van der Waals surface area contributed by atoms with Crippen LogP contribution in [0.1, 0.15) is 40.3 Å². The van der Waals surface area contributed by atoms with Gasteiger partial charge in [0.25, 0.3) is 11.5 Å². The predicted molar refractivity (Wildman–Crippen MR) is 153 cm³/mol. The average molecular weight is 542 g/mol. The number of rotatable bonds is 6. The van der Waals surface area contributed by atoms with Crippen LogP contribution in [0, 0.1) is 6.92 Å². The zero-order valence-electron chi connectivity index (χ0n) is 20.9. The molecule has 0 aliphatic carbocycles. The summed E-state index contributed by atoms with van der Waals surface area (Å²) < 4.78 is 1.59. The smallest absolute Gasteiger partial charge is 0.266 e. The Kier molecular flexibility index (Phi) is 7.32. The third-order valence-electron chi connectivity index (χ3n) is 6.54. The van der Waals surface area contributed by atoms with Crippen LogP contribution in [0.2, 0.25) is 10.0 Å². The van der Waals surface area contributed by atoms with Crippen molar-refractivity contribution in [2.24, 2.45) is 0 Å². The Balaban J connectivity index is 1.71. The lowest BCUT2D eigenvalue weighted by molar-refractivity contribution is 0.0664. The van der Waals surface area contributed by atoms with Crippen molar-refractivity contribution < 1.29 is 4.79 Å². The zero-order valence-corrected chi connectivity index (χ0v) is 22.4. The van der Waals surface area contributed by atoms with E-state index in [9.17, 15) is 9.59 Å². The van der Waals surface area contributed by atoms with Gasteiger partial charge in [-0.05, 0) is 74.0 Å². The van der Waals surface area contributed by atoms with E-state index in [0.29, 0.717) is 44.6 Å². The van der Waals surface area contributed by atoms with Gasteiger partial charge in [0, 0.05) is 22.2 Å². The van der Waals surface area contributed by atoms with Crippen LogP contribution in [0.25, 0.3) is 16.6 Å². The minimum absolute atomic E-state index is 0.200. The van der Waals surface area contributed by atoms with E-state index in [1.807, 2.05) is 68.4 Å². The molecule has 5 nitrogen and oxygen atoms in total. The third-order valence-corrected chi connectivity index (χ3v) is 7.03. The summed E-state index contributed by atoms with van der Waals surface area (Å²) in [5, 5.41) is 1.48. The summed E-state index contributed by atoms with van der Waals surface area (Å²) in [4.78, 5) is 34.4. The van der Waals surface area contributed by atoms with Crippen molar-refractivity contribution in [3.05, 3.63) is 140 Å². The lowest BCUT2D eigenvalue weighted by Gasteiger charge is -2.31. The number of carbonyl (C=O) groups excluding carboxylic acids is 1. The number of amides is 1. The molecule has 0 saturated heterocycles. The molecule has 5 rings (SSSR count). The van der Waals surface area contributed by atoms with Crippen LogP contribution in [0.3, 0.4) is 0 Å². The first kappa shape index (κ1) is 25.7. The van der Waals surface area contributed by atoms with Gasteiger partial charge in [-0.15, -0.1) is 0 Å². The van der Waals surface area contributed by atoms with E-state index in [0.717, 1.165) is 11.1 Å². The average Bonchev–Trinajstić information content (AvgIpc) is 2.92. The summed E-state index contributed by atoms with van der Waals surface area (Å²) in [5.74, 6) is 0.237. The fourth-order valence-electron chi connectivity index (χ4n) is 4.46. The Hall–Kier alpha value is -3.93. The Labute approximate surface area is 230 Å². The van der Waals surface area contributed by atoms with Gasteiger partial charge in [-0.1, -0.05) is 71.2 Å². The van der Waals surface area contributed by atoms with E-state index in [1.165, 1.54) is 0 Å². The van der Waals surface area contributed by atoms with Crippen molar-refractivity contribution in [2.45, 2.75) is 26.4 Å². The maximum atomic E-state index is 13.9. The fourth-order valence-corrected chi connectivity index (χ4v) is 4.75. The molecule has 0 N–H and O–H groups in total. The summed E-state index contributed by atoms with van der Waals surface area (Å²) in [6, 6.07) is 28.7. The lowest BCUT2D eigenvalue weighted by Crippen LogP contribution is -2.37. The van der Waals surface area contributed by atoms with Crippen LogP contribution in [-0.4, -0.2) is 20.4 Å². The SMILES string of the molecule is Cc1ccc(-n2c(C(C)N(Cc3ccccc3)C(=O)c3ccc(Cl)cc3)nc3cc(Cl)ccc3c2=O)cc1. The summed E-state index contributed by atoms with van der Waals surface area (Å²) in [6.45, 7) is 4.20. The Morgan fingerprint density at radius 2 is 1.55 bits per heavy atom. The first-order valence-corrected chi connectivity index (χ1v) is 13.0. The van der Waals surface area contributed by atoms with E-state index in [2.05, 4.69) is 0 Å². The molecular weight excluding hydrogens is 517 g/mol.